The van der Waals surface area contributed by atoms with Gasteiger partial charge >= 0.3 is 12.1 Å². The maximum atomic E-state index is 12.3. The number of aliphatic hydroxyl groups is 1. The number of alkyl halides is 3. The van der Waals surface area contributed by atoms with Crippen molar-refractivity contribution in [2.45, 2.75) is 12.3 Å². The van der Waals surface area contributed by atoms with E-state index in [1.807, 2.05) is 0 Å². The number of halogens is 4. The molecule has 1 heterocycles. The van der Waals surface area contributed by atoms with Gasteiger partial charge < -0.3 is 15.2 Å². The van der Waals surface area contributed by atoms with Gasteiger partial charge in [0.25, 0.3) is 0 Å². The number of hydrogen-bond donors (Lipinski definition) is 2. The Kier molecular flexibility index (Phi) is 4.96. The number of pyridine rings is 1. The molecular weight excluding hydrogens is 289 g/mol. The summed E-state index contributed by atoms with van der Waals surface area (Å²) < 4.78 is 41.3. The normalized spacial score (nSPS) is 12.9. The van der Waals surface area contributed by atoms with Gasteiger partial charge in [0.1, 0.15) is 5.82 Å². The second-order valence-corrected chi connectivity index (χ2v) is 3.88. The third kappa shape index (κ3) is 4.25. The van der Waals surface area contributed by atoms with E-state index in [1.54, 1.807) is 0 Å². The molecule has 1 aromatic rings. The maximum absolute atomic E-state index is 12.3. The number of esters is 1. The second kappa shape index (κ2) is 6.07. The predicted octanol–water partition coefficient (Wildman–Crippen LogP) is 1.70. The van der Waals surface area contributed by atoms with E-state index in [-0.39, 0.29) is 17.4 Å². The summed E-state index contributed by atoms with van der Waals surface area (Å²) in [4.78, 5) is 14.4. The van der Waals surface area contributed by atoms with Crippen LogP contribution in [-0.2, 0) is 15.7 Å². The van der Waals surface area contributed by atoms with E-state index >= 15 is 0 Å². The lowest BCUT2D eigenvalue weighted by Crippen LogP contribution is -2.29. The van der Waals surface area contributed by atoms with Crippen molar-refractivity contribution in [1.82, 2.24) is 4.98 Å². The summed E-state index contributed by atoms with van der Waals surface area (Å²) in [5, 5.41) is 11.4. The summed E-state index contributed by atoms with van der Waals surface area (Å²) in [6.07, 6.45) is -5.41. The highest BCUT2D eigenvalue weighted by Crippen LogP contribution is 2.32. The fourth-order valence-electron chi connectivity index (χ4n) is 1.14. The molecule has 0 aliphatic rings. The molecule has 106 valence electrons. The minimum atomic E-state index is -4.54. The van der Waals surface area contributed by atoms with Crippen LogP contribution < -0.4 is 5.32 Å². The molecule has 5 nitrogen and oxygen atoms in total. The van der Waals surface area contributed by atoms with Gasteiger partial charge in [0.05, 0.1) is 24.2 Å². The molecule has 0 aromatic carbocycles. The zero-order valence-electron chi connectivity index (χ0n) is 9.66. The Balaban J connectivity index is 2.73. The molecule has 9 heteroatoms. The van der Waals surface area contributed by atoms with Crippen LogP contribution in [0.25, 0.3) is 0 Å². The van der Waals surface area contributed by atoms with Crippen molar-refractivity contribution in [1.29, 1.82) is 0 Å². The van der Waals surface area contributed by atoms with E-state index in [9.17, 15) is 23.1 Å². The first kappa shape index (κ1) is 15.5. The van der Waals surface area contributed by atoms with Gasteiger partial charge in [-0.05, 0) is 6.07 Å². The van der Waals surface area contributed by atoms with Crippen molar-refractivity contribution in [3.8, 4) is 0 Å². The first-order chi connectivity index (χ1) is 8.75. The lowest BCUT2D eigenvalue weighted by atomic mass is 10.2. The second-order valence-electron chi connectivity index (χ2n) is 3.47. The number of hydrogen-bond acceptors (Lipinski definition) is 5. The highest BCUT2D eigenvalue weighted by molar-refractivity contribution is 6.32. The van der Waals surface area contributed by atoms with Crippen LogP contribution in [0.2, 0.25) is 5.02 Å². The lowest BCUT2D eigenvalue weighted by Gasteiger charge is -2.12. The van der Waals surface area contributed by atoms with Gasteiger partial charge in [-0.25, -0.2) is 9.78 Å². The fourth-order valence-corrected chi connectivity index (χ4v) is 1.37. The molecule has 1 rings (SSSR count). The van der Waals surface area contributed by atoms with E-state index in [2.05, 4.69) is 15.0 Å². The van der Waals surface area contributed by atoms with Gasteiger partial charge in [-0.15, -0.1) is 0 Å². The SMILES string of the molecule is COC(=O)C(O)CNc1ncc(C(F)(F)F)cc1Cl. The van der Waals surface area contributed by atoms with Crippen LogP contribution in [0.5, 0.6) is 0 Å². The standard InChI is InChI=1S/C10H10ClF3N2O3/c1-19-9(18)7(17)4-16-8-6(11)2-5(3-15-8)10(12,13)14/h2-3,7,17H,4H2,1H3,(H,15,16). The summed E-state index contributed by atoms with van der Waals surface area (Å²) in [5.74, 6) is -0.951. The van der Waals surface area contributed by atoms with Crippen LogP contribution in [0.1, 0.15) is 5.56 Å². The van der Waals surface area contributed by atoms with E-state index in [0.29, 0.717) is 12.3 Å². The number of rotatable bonds is 4. The molecule has 19 heavy (non-hydrogen) atoms. The maximum Gasteiger partial charge on any atom is 0.417 e. The van der Waals surface area contributed by atoms with Gasteiger partial charge in [-0.2, -0.15) is 13.2 Å². The molecule has 0 aliphatic heterocycles. The minimum absolute atomic E-state index is 0.0716. The van der Waals surface area contributed by atoms with Crippen LogP contribution in [0, 0.1) is 0 Å². The van der Waals surface area contributed by atoms with Crippen LogP contribution in [-0.4, -0.2) is 35.8 Å². The Morgan fingerprint density at radius 3 is 2.74 bits per heavy atom. The molecule has 1 aromatic heterocycles. The van der Waals surface area contributed by atoms with Crippen LogP contribution >= 0.6 is 11.6 Å². The first-order valence-corrected chi connectivity index (χ1v) is 5.36. The number of carbonyl (C=O) groups excluding carboxylic acids is 1. The fraction of sp³-hybridized carbons (Fsp3) is 0.400. The van der Waals surface area contributed by atoms with Crippen molar-refractivity contribution < 1.29 is 27.8 Å². The Hall–Kier alpha value is -1.54. The number of methoxy groups -OCH3 is 1. The van der Waals surface area contributed by atoms with Gasteiger partial charge in [0.2, 0.25) is 0 Å². The Bertz CT molecular complexity index is 468. The molecule has 0 fully saturated rings. The van der Waals surface area contributed by atoms with E-state index in [1.165, 1.54) is 0 Å². The molecule has 0 aliphatic carbocycles. The number of aliphatic hydroxyl groups excluding tert-OH is 1. The molecule has 1 unspecified atom stereocenters. The number of ether oxygens (including phenoxy) is 1. The molecule has 0 spiro atoms. The number of aromatic nitrogens is 1. The minimum Gasteiger partial charge on any atom is -0.467 e. The monoisotopic (exact) mass is 298 g/mol. The summed E-state index contributed by atoms with van der Waals surface area (Å²) in [6, 6.07) is 0.696. The summed E-state index contributed by atoms with van der Waals surface area (Å²) in [7, 11) is 1.09. The number of nitrogens with one attached hydrogen (secondary N) is 1. The van der Waals surface area contributed by atoms with Crippen LogP contribution in [0.15, 0.2) is 12.3 Å². The van der Waals surface area contributed by atoms with E-state index in [0.717, 1.165) is 7.11 Å². The van der Waals surface area contributed by atoms with Crippen molar-refractivity contribution in [2.24, 2.45) is 0 Å². The average Bonchev–Trinajstić information content (AvgIpc) is 2.34. The average molecular weight is 299 g/mol. The Morgan fingerprint density at radius 2 is 2.26 bits per heavy atom. The molecule has 0 amide bonds. The van der Waals surface area contributed by atoms with Crippen molar-refractivity contribution >= 4 is 23.4 Å². The molecule has 0 radical (unpaired) electrons. The smallest absolute Gasteiger partial charge is 0.417 e. The third-order valence-corrected chi connectivity index (χ3v) is 2.39. The molecule has 0 bridgehead atoms. The summed E-state index contributed by atoms with van der Waals surface area (Å²) in [6.45, 7) is -0.287. The Labute approximate surface area is 111 Å². The zero-order chi connectivity index (χ0) is 14.6. The van der Waals surface area contributed by atoms with Gasteiger partial charge in [0.15, 0.2) is 6.10 Å². The summed E-state index contributed by atoms with van der Waals surface area (Å²) >= 11 is 5.61. The first-order valence-electron chi connectivity index (χ1n) is 4.98. The predicted molar refractivity (Wildman–Crippen MR) is 60.8 cm³/mol. The van der Waals surface area contributed by atoms with Crippen LogP contribution in [0.4, 0.5) is 19.0 Å². The molecular formula is C10H10ClF3N2O3. The molecule has 2 N–H and O–H groups in total. The molecule has 0 saturated carbocycles. The number of anilines is 1. The highest BCUT2D eigenvalue weighted by Gasteiger charge is 2.31. The Morgan fingerprint density at radius 1 is 1.63 bits per heavy atom. The number of carbonyl (C=O) groups is 1. The number of nitrogens with zero attached hydrogens (tertiary/aromatic N) is 1. The largest absolute Gasteiger partial charge is 0.467 e. The van der Waals surface area contributed by atoms with Crippen molar-refractivity contribution in [3.63, 3.8) is 0 Å². The summed E-state index contributed by atoms with van der Waals surface area (Å²) in [5.41, 5.74) is -0.989. The lowest BCUT2D eigenvalue weighted by molar-refractivity contribution is -0.149. The quantitative estimate of drug-likeness (QED) is 0.828. The molecule has 1 atom stereocenters. The van der Waals surface area contributed by atoms with Gasteiger partial charge in [-0.3, -0.25) is 0 Å². The highest BCUT2D eigenvalue weighted by atomic mass is 35.5. The van der Waals surface area contributed by atoms with Crippen molar-refractivity contribution in [3.05, 3.63) is 22.8 Å². The van der Waals surface area contributed by atoms with Crippen molar-refractivity contribution in [2.75, 3.05) is 19.0 Å². The zero-order valence-corrected chi connectivity index (χ0v) is 10.4. The van der Waals surface area contributed by atoms with Gasteiger partial charge in [0, 0.05) is 6.20 Å². The third-order valence-electron chi connectivity index (χ3n) is 2.10. The topological polar surface area (TPSA) is 71.5 Å². The van der Waals surface area contributed by atoms with Gasteiger partial charge in [-0.1, -0.05) is 11.6 Å². The van der Waals surface area contributed by atoms with E-state index in [4.69, 9.17) is 11.6 Å². The van der Waals surface area contributed by atoms with Crippen LogP contribution in [0.3, 0.4) is 0 Å². The van der Waals surface area contributed by atoms with E-state index < -0.39 is 23.8 Å². The molecule has 0 saturated heterocycles.